The molecule has 1 aliphatic heterocycles. The number of nitrogens with zero attached hydrogens (tertiary/aromatic N) is 1. The third-order valence-electron chi connectivity index (χ3n) is 3.28. The van der Waals surface area contributed by atoms with Crippen LogP contribution >= 0.6 is 12.4 Å². The van der Waals surface area contributed by atoms with Gasteiger partial charge >= 0.3 is 6.18 Å². The highest BCUT2D eigenvalue weighted by molar-refractivity contribution is 5.94. The third-order valence-corrected chi connectivity index (χ3v) is 3.28. The summed E-state index contributed by atoms with van der Waals surface area (Å²) in [5.41, 5.74) is -0.744. The third kappa shape index (κ3) is 3.66. The second kappa shape index (κ2) is 6.64. The van der Waals surface area contributed by atoms with Gasteiger partial charge in [0.25, 0.3) is 5.91 Å². The number of hydroxylamine groups is 2. The molecule has 1 fully saturated rings. The van der Waals surface area contributed by atoms with E-state index in [4.69, 9.17) is 4.84 Å². The quantitative estimate of drug-likeness (QED) is 0.868. The first-order valence-corrected chi connectivity index (χ1v) is 6.11. The number of carbonyl (C=O) groups excluding carboxylic acids is 1. The van der Waals surface area contributed by atoms with Crippen molar-refractivity contribution in [3.63, 3.8) is 0 Å². The molecule has 118 valence electrons. The largest absolute Gasteiger partial charge is 0.416 e. The maximum absolute atomic E-state index is 12.8. The highest BCUT2D eigenvalue weighted by Crippen LogP contribution is 2.32. The van der Waals surface area contributed by atoms with Gasteiger partial charge in [-0.1, -0.05) is 6.07 Å². The molecule has 0 bridgehead atoms. The van der Waals surface area contributed by atoms with E-state index < -0.39 is 17.6 Å². The van der Waals surface area contributed by atoms with Gasteiger partial charge in [0.15, 0.2) is 0 Å². The minimum Gasteiger partial charge on any atom is -0.312 e. The van der Waals surface area contributed by atoms with Gasteiger partial charge in [0, 0.05) is 18.7 Å². The predicted molar refractivity (Wildman–Crippen MR) is 73.3 cm³/mol. The van der Waals surface area contributed by atoms with E-state index in [1.807, 2.05) is 0 Å². The van der Waals surface area contributed by atoms with Gasteiger partial charge in [-0.3, -0.25) is 9.63 Å². The Bertz CT molecular complexity index is 519. The highest BCUT2D eigenvalue weighted by atomic mass is 35.5. The highest BCUT2D eigenvalue weighted by Gasteiger charge is 2.35. The fourth-order valence-electron chi connectivity index (χ4n) is 2.02. The predicted octanol–water partition coefficient (Wildman–Crippen LogP) is 2.41. The molecule has 1 saturated heterocycles. The van der Waals surface area contributed by atoms with E-state index in [0.29, 0.717) is 13.1 Å². The Kier molecular flexibility index (Phi) is 5.61. The number of hydrogen-bond donors (Lipinski definition) is 1. The van der Waals surface area contributed by atoms with Gasteiger partial charge in [0.2, 0.25) is 0 Å². The maximum atomic E-state index is 12.8. The molecule has 21 heavy (non-hydrogen) atoms. The van der Waals surface area contributed by atoms with Crippen molar-refractivity contribution in [1.29, 1.82) is 0 Å². The van der Waals surface area contributed by atoms with Crippen molar-refractivity contribution in [2.75, 3.05) is 20.2 Å². The number of carbonyl (C=O) groups is 1. The molecule has 0 unspecified atom stereocenters. The molecule has 0 aromatic heterocycles. The van der Waals surface area contributed by atoms with E-state index in [9.17, 15) is 18.0 Å². The first kappa shape index (κ1) is 17.7. The van der Waals surface area contributed by atoms with Crippen molar-refractivity contribution in [1.82, 2.24) is 10.4 Å². The molecule has 8 heteroatoms. The normalized spacial score (nSPS) is 15.1. The Hall–Kier alpha value is -1.31. The van der Waals surface area contributed by atoms with Gasteiger partial charge < -0.3 is 5.32 Å². The standard InChI is InChI=1S/C13H15F3N2O2.ClH/c1-8-3-4-9(5-11(8)13(14,15)16)12(19)18(20-2)10-6-17-7-10;/h3-5,10,17H,6-7H2,1-2H3;1H. The molecule has 1 aliphatic rings. The first-order valence-electron chi connectivity index (χ1n) is 6.11. The topological polar surface area (TPSA) is 41.6 Å². The average Bonchev–Trinajstić information content (AvgIpc) is 2.31. The molecule has 0 radical (unpaired) electrons. The Balaban J connectivity index is 0.00000220. The maximum Gasteiger partial charge on any atom is 0.416 e. The molecule has 0 spiro atoms. The van der Waals surface area contributed by atoms with E-state index >= 15 is 0 Å². The summed E-state index contributed by atoms with van der Waals surface area (Å²) in [6.45, 7) is 2.50. The van der Waals surface area contributed by atoms with E-state index in [2.05, 4.69) is 5.32 Å². The zero-order valence-electron chi connectivity index (χ0n) is 11.5. The van der Waals surface area contributed by atoms with Crippen LogP contribution in [-0.4, -0.2) is 37.2 Å². The van der Waals surface area contributed by atoms with Crippen molar-refractivity contribution < 1.29 is 22.8 Å². The monoisotopic (exact) mass is 324 g/mol. The summed E-state index contributed by atoms with van der Waals surface area (Å²) in [6.07, 6.45) is -4.48. The fourth-order valence-corrected chi connectivity index (χ4v) is 2.02. The van der Waals surface area contributed by atoms with Crippen LogP contribution in [0.5, 0.6) is 0 Å². The molecule has 0 atom stereocenters. The second-order valence-corrected chi connectivity index (χ2v) is 4.65. The van der Waals surface area contributed by atoms with Crippen LogP contribution < -0.4 is 5.32 Å². The van der Waals surface area contributed by atoms with E-state index in [1.165, 1.54) is 26.2 Å². The summed E-state index contributed by atoms with van der Waals surface area (Å²) in [7, 11) is 1.33. The van der Waals surface area contributed by atoms with Crippen LogP contribution in [0.3, 0.4) is 0 Å². The number of alkyl halides is 3. The number of aryl methyl sites for hydroxylation is 1. The molecule has 2 rings (SSSR count). The zero-order chi connectivity index (χ0) is 14.9. The number of benzene rings is 1. The van der Waals surface area contributed by atoms with Crippen molar-refractivity contribution in [2.45, 2.75) is 19.1 Å². The summed E-state index contributed by atoms with van der Waals surface area (Å²) in [5.74, 6) is -0.565. The minimum absolute atomic E-state index is 0. The van der Waals surface area contributed by atoms with Gasteiger partial charge in [-0.05, 0) is 24.6 Å². The van der Waals surface area contributed by atoms with Crippen molar-refractivity contribution in [2.24, 2.45) is 0 Å². The van der Waals surface area contributed by atoms with Gasteiger partial charge in [0.1, 0.15) is 0 Å². The average molecular weight is 325 g/mol. The van der Waals surface area contributed by atoms with Crippen LogP contribution in [0, 0.1) is 6.92 Å². The summed E-state index contributed by atoms with van der Waals surface area (Å²) >= 11 is 0. The van der Waals surface area contributed by atoms with Crippen molar-refractivity contribution >= 4 is 18.3 Å². The fraction of sp³-hybridized carbons (Fsp3) is 0.462. The van der Waals surface area contributed by atoms with Gasteiger partial charge in [-0.25, -0.2) is 5.06 Å². The molecule has 0 saturated carbocycles. The van der Waals surface area contributed by atoms with Gasteiger partial charge in [-0.2, -0.15) is 13.2 Å². The number of hydrogen-bond acceptors (Lipinski definition) is 3. The molecule has 1 amide bonds. The smallest absolute Gasteiger partial charge is 0.312 e. The van der Waals surface area contributed by atoms with Crippen LogP contribution in [-0.2, 0) is 11.0 Å². The van der Waals surface area contributed by atoms with Gasteiger partial charge in [0.05, 0.1) is 18.7 Å². The van der Waals surface area contributed by atoms with E-state index in [-0.39, 0.29) is 29.6 Å². The Morgan fingerprint density at radius 2 is 2.00 bits per heavy atom. The lowest BCUT2D eigenvalue weighted by Gasteiger charge is -2.36. The molecular formula is C13H16ClF3N2O2. The first-order chi connectivity index (χ1) is 9.34. The Morgan fingerprint density at radius 1 is 1.38 bits per heavy atom. The lowest BCUT2D eigenvalue weighted by atomic mass is 10.0. The zero-order valence-corrected chi connectivity index (χ0v) is 12.3. The summed E-state index contributed by atoms with van der Waals surface area (Å²) in [6, 6.07) is 3.40. The van der Waals surface area contributed by atoms with Crippen LogP contribution in [0.1, 0.15) is 21.5 Å². The minimum atomic E-state index is -4.48. The number of rotatable bonds is 3. The Labute approximate surface area is 126 Å². The lowest BCUT2D eigenvalue weighted by Crippen LogP contribution is -2.58. The molecular weight excluding hydrogens is 309 g/mol. The van der Waals surface area contributed by atoms with Crippen molar-refractivity contribution in [3.8, 4) is 0 Å². The summed E-state index contributed by atoms with van der Waals surface area (Å²) < 4.78 is 38.5. The molecule has 1 heterocycles. The molecule has 4 nitrogen and oxygen atoms in total. The number of nitrogens with one attached hydrogen (secondary N) is 1. The molecule has 1 aromatic carbocycles. The Morgan fingerprint density at radius 3 is 2.43 bits per heavy atom. The van der Waals surface area contributed by atoms with Gasteiger partial charge in [-0.15, -0.1) is 12.4 Å². The number of halogens is 4. The van der Waals surface area contributed by atoms with E-state index in [1.54, 1.807) is 0 Å². The summed E-state index contributed by atoms with van der Waals surface area (Å²) in [4.78, 5) is 17.2. The van der Waals surface area contributed by atoms with Crippen molar-refractivity contribution in [3.05, 3.63) is 34.9 Å². The lowest BCUT2D eigenvalue weighted by molar-refractivity contribution is -0.138. The van der Waals surface area contributed by atoms with E-state index in [0.717, 1.165) is 11.1 Å². The SMILES string of the molecule is CON(C(=O)c1ccc(C)c(C(F)(F)F)c1)C1CNC1.Cl. The second-order valence-electron chi connectivity index (χ2n) is 4.65. The molecule has 1 N–H and O–H groups in total. The summed E-state index contributed by atoms with van der Waals surface area (Å²) in [5, 5.41) is 4.09. The van der Waals surface area contributed by atoms with Crippen LogP contribution in [0.15, 0.2) is 18.2 Å². The number of amides is 1. The molecule has 0 aliphatic carbocycles. The van der Waals surface area contributed by atoms with Crippen LogP contribution in [0.4, 0.5) is 13.2 Å². The van der Waals surface area contributed by atoms with Crippen LogP contribution in [0.25, 0.3) is 0 Å². The molecule has 1 aromatic rings. The van der Waals surface area contributed by atoms with Crippen LogP contribution in [0.2, 0.25) is 0 Å².